The number of hydrogen-bond donors (Lipinski definition) is 2. The number of nitrogens with one attached hydrogen (secondary N) is 1. The molecule has 4 heteroatoms. The Labute approximate surface area is 139 Å². The van der Waals surface area contributed by atoms with E-state index in [1.54, 1.807) is 0 Å². The fourth-order valence-corrected chi connectivity index (χ4v) is 4.25. The van der Waals surface area contributed by atoms with Gasteiger partial charge in [-0.3, -0.25) is 4.79 Å². The second kappa shape index (κ2) is 7.01. The maximum absolute atomic E-state index is 12.4. The number of carbonyl (C=O) groups excluding carboxylic acids is 1. The van der Waals surface area contributed by atoms with Crippen molar-refractivity contribution in [2.24, 2.45) is 23.5 Å². The van der Waals surface area contributed by atoms with Crippen LogP contribution in [0.3, 0.4) is 0 Å². The van der Waals surface area contributed by atoms with Gasteiger partial charge in [0.2, 0.25) is 5.91 Å². The molecule has 2 saturated carbocycles. The van der Waals surface area contributed by atoms with E-state index >= 15 is 0 Å². The Morgan fingerprint density at radius 3 is 2.45 bits per heavy atom. The number of carbonyl (C=O) groups is 1. The quantitative estimate of drug-likeness (QED) is 0.893. The summed E-state index contributed by atoms with van der Waals surface area (Å²) >= 11 is 0. The minimum absolute atomic E-state index is 0. The van der Waals surface area contributed by atoms with Crippen molar-refractivity contribution >= 4 is 18.3 Å². The van der Waals surface area contributed by atoms with Gasteiger partial charge in [-0.1, -0.05) is 36.2 Å². The molecule has 0 aliphatic heterocycles. The zero-order valence-corrected chi connectivity index (χ0v) is 14.2. The molecule has 3 nitrogen and oxygen atoms in total. The molecule has 0 spiro atoms. The van der Waals surface area contributed by atoms with E-state index in [1.165, 1.54) is 31.2 Å². The van der Waals surface area contributed by atoms with Gasteiger partial charge in [0.15, 0.2) is 0 Å². The van der Waals surface area contributed by atoms with E-state index in [1.807, 2.05) is 31.2 Å². The minimum atomic E-state index is -0.563. The van der Waals surface area contributed by atoms with Crippen LogP contribution < -0.4 is 11.1 Å². The maximum Gasteiger partial charge on any atom is 0.241 e. The molecule has 3 N–H and O–H groups in total. The van der Waals surface area contributed by atoms with Gasteiger partial charge in [-0.25, -0.2) is 0 Å². The summed E-state index contributed by atoms with van der Waals surface area (Å²) in [6, 6.07) is 7.57. The Morgan fingerprint density at radius 2 is 1.91 bits per heavy atom. The average molecular weight is 323 g/mol. The number of benzene rings is 1. The summed E-state index contributed by atoms with van der Waals surface area (Å²) in [7, 11) is 0. The molecule has 3 rings (SSSR count). The first-order chi connectivity index (χ1) is 10.0. The van der Waals surface area contributed by atoms with E-state index in [0.717, 1.165) is 17.4 Å². The van der Waals surface area contributed by atoms with Crippen LogP contribution in [-0.4, -0.2) is 11.9 Å². The van der Waals surface area contributed by atoms with Crippen molar-refractivity contribution in [2.75, 3.05) is 0 Å². The lowest BCUT2D eigenvalue weighted by atomic mass is 9.84. The number of amides is 1. The predicted molar refractivity (Wildman–Crippen MR) is 91.9 cm³/mol. The normalized spacial score (nSPS) is 28.8. The highest BCUT2D eigenvalue weighted by Crippen LogP contribution is 2.49. The summed E-state index contributed by atoms with van der Waals surface area (Å²) in [5.41, 5.74) is 8.17. The third-order valence-electron chi connectivity index (χ3n) is 5.52. The summed E-state index contributed by atoms with van der Waals surface area (Å²) in [6.07, 6.45) is 5.39. The van der Waals surface area contributed by atoms with Crippen LogP contribution in [0.1, 0.15) is 49.8 Å². The first kappa shape index (κ1) is 17.3. The Hall–Kier alpha value is -1.06. The van der Waals surface area contributed by atoms with Gasteiger partial charge in [-0.05, 0) is 56.4 Å². The molecule has 1 amide bonds. The molecule has 0 aromatic heterocycles. The first-order valence-corrected chi connectivity index (χ1v) is 8.17. The summed E-state index contributed by atoms with van der Waals surface area (Å²) in [4.78, 5) is 12.4. The Balaban J connectivity index is 0.00000176. The number of hydrogen-bond acceptors (Lipinski definition) is 2. The van der Waals surface area contributed by atoms with E-state index in [9.17, 15) is 4.79 Å². The van der Waals surface area contributed by atoms with E-state index in [-0.39, 0.29) is 24.4 Å². The van der Waals surface area contributed by atoms with Gasteiger partial charge in [0.1, 0.15) is 6.04 Å². The highest BCUT2D eigenvalue weighted by Gasteiger charge is 2.42. The van der Waals surface area contributed by atoms with E-state index < -0.39 is 6.04 Å². The number of fused-ring (bicyclic) bond motifs is 2. The van der Waals surface area contributed by atoms with Gasteiger partial charge in [0.25, 0.3) is 0 Å². The number of nitrogens with two attached hydrogens (primary N) is 1. The second-order valence-electron chi connectivity index (χ2n) is 7.02. The monoisotopic (exact) mass is 322 g/mol. The van der Waals surface area contributed by atoms with Crippen LogP contribution in [0.5, 0.6) is 0 Å². The van der Waals surface area contributed by atoms with Crippen molar-refractivity contribution in [2.45, 2.75) is 51.6 Å². The van der Waals surface area contributed by atoms with Crippen molar-refractivity contribution in [1.29, 1.82) is 0 Å². The molecule has 1 aromatic rings. The molecule has 2 fully saturated rings. The van der Waals surface area contributed by atoms with Gasteiger partial charge >= 0.3 is 0 Å². The van der Waals surface area contributed by atoms with Crippen LogP contribution in [0.4, 0.5) is 0 Å². The summed E-state index contributed by atoms with van der Waals surface area (Å²) in [5, 5.41) is 3.16. The van der Waals surface area contributed by atoms with Crippen molar-refractivity contribution in [3.8, 4) is 0 Å². The molecule has 1 aromatic carbocycles. The lowest BCUT2D eigenvalue weighted by Gasteiger charge is -2.29. The SMILES string of the molecule is Cc1ccc(C(N)C(=O)NC(C)C2CC3CCC2C3)cc1.Cl. The van der Waals surface area contributed by atoms with Crippen molar-refractivity contribution in [3.05, 3.63) is 35.4 Å². The smallest absolute Gasteiger partial charge is 0.241 e. The standard InChI is InChI=1S/C18H26N2O.ClH/c1-11-3-6-14(7-4-11)17(19)18(21)20-12(2)16-10-13-5-8-15(16)9-13;/h3-4,6-7,12-13,15-17H,5,8-10,19H2,1-2H3,(H,20,21);1H. The first-order valence-electron chi connectivity index (χ1n) is 8.17. The van der Waals surface area contributed by atoms with Gasteiger partial charge in [-0.15, -0.1) is 12.4 Å². The Morgan fingerprint density at radius 1 is 1.23 bits per heavy atom. The van der Waals surface area contributed by atoms with Crippen molar-refractivity contribution < 1.29 is 4.79 Å². The van der Waals surface area contributed by atoms with Crippen LogP contribution in [0.2, 0.25) is 0 Å². The molecule has 5 unspecified atom stereocenters. The zero-order valence-electron chi connectivity index (χ0n) is 13.4. The van der Waals surface area contributed by atoms with Crippen molar-refractivity contribution in [1.82, 2.24) is 5.32 Å². The lowest BCUT2D eigenvalue weighted by Crippen LogP contribution is -2.44. The molecule has 0 saturated heterocycles. The summed E-state index contributed by atoms with van der Waals surface area (Å²) in [6.45, 7) is 4.18. The number of rotatable bonds is 4. The zero-order chi connectivity index (χ0) is 15.0. The predicted octanol–water partition coefficient (Wildman–Crippen LogP) is 3.36. The van der Waals surface area contributed by atoms with Crippen LogP contribution in [-0.2, 0) is 4.79 Å². The number of aryl methyl sites for hydroxylation is 1. The van der Waals surface area contributed by atoms with Crippen LogP contribution in [0, 0.1) is 24.7 Å². The van der Waals surface area contributed by atoms with E-state index in [0.29, 0.717) is 5.92 Å². The molecular weight excluding hydrogens is 296 g/mol. The molecule has 2 aliphatic rings. The molecule has 0 radical (unpaired) electrons. The fraction of sp³-hybridized carbons (Fsp3) is 0.611. The molecule has 2 bridgehead atoms. The van der Waals surface area contributed by atoms with Crippen LogP contribution in [0.25, 0.3) is 0 Å². The Kier molecular flexibility index (Phi) is 5.51. The summed E-state index contributed by atoms with van der Waals surface area (Å²) in [5.74, 6) is 2.33. The fourth-order valence-electron chi connectivity index (χ4n) is 4.25. The van der Waals surface area contributed by atoms with Gasteiger partial charge < -0.3 is 11.1 Å². The molecule has 2 aliphatic carbocycles. The lowest BCUT2D eigenvalue weighted by molar-refractivity contribution is -0.123. The van der Waals surface area contributed by atoms with Crippen LogP contribution in [0.15, 0.2) is 24.3 Å². The van der Waals surface area contributed by atoms with E-state index in [4.69, 9.17) is 5.73 Å². The molecular formula is C18H27ClN2O. The number of halogens is 1. The summed E-state index contributed by atoms with van der Waals surface area (Å²) < 4.78 is 0. The maximum atomic E-state index is 12.4. The van der Waals surface area contributed by atoms with Crippen molar-refractivity contribution in [3.63, 3.8) is 0 Å². The van der Waals surface area contributed by atoms with Crippen LogP contribution >= 0.6 is 12.4 Å². The van der Waals surface area contributed by atoms with Gasteiger partial charge in [0, 0.05) is 6.04 Å². The van der Waals surface area contributed by atoms with E-state index in [2.05, 4.69) is 12.2 Å². The highest BCUT2D eigenvalue weighted by molar-refractivity contribution is 5.85. The Bertz CT molecular complexity index is 516. The molecule has 0 heterocycles. The molecule has 22 heavy (non-hydrogen) atoms. The molecule has 122 valence electrons. The largest absolute Gasteiger partial charge is 0.352 e. The average Bonchev–Trinajstić information content (AvgIpc) is 3.10. The highest BCUT2D eigenvalue weighted by atomic mass is 35.5. The molecule has 5 atom stereocenters. The topological polar surface area (TPSA) is 55.1 Å². The second-order valence-corrected chi connectivity index (χ2v) is 7.02. The third-order valence-corrected chi connectivity index (χ3v) is 5.52. The van der Waals surface area contributed by atoms with Gasteiger partial charge in [-0.2, -0.15) is 0 Å². The third kappa shape index (κ3) is 3.47. The minimum Gasteiger partial charge on any atom is -0.352 e. The van der Waals surface area contributed by atoms with Gasteiger partial charge in [0.05, 0.1) is 0 Å².